The van der Waals surface area contributed by atoms with E-state index in [0.29, 0.717) is 6.04 Å². The first kappa shape index (κ1) is 11.0. The maximum absolute atomic E-state index is 4.36. The number of rotatable bonds is 5. The first-order valence-electron chi connectivity index (χ1n) is 5.68. The number of nitrogens with one attached hydrogen (secondary N) is 1. The molecule has 0 radical (unpaired) electrons. The van der Waals surface area contributed by atoms with Crippen molar-refractivity contribution in [1.82, 2.24) is 24.9 Å². The molecular formula is C11H17N5. The van der Waals surface area contributed by atoms with Crippen molar-refractivity contribution >= 4 is 5.65 Å². The van der Waals surface area contributed by atoms with Crippen molar-refractivity contribution in [3.05, 3.63) is 24.4 Å². The molecule has 16 heavy (non-hydrogen) atoms. The molecule has 1 unspecified atom stereocenters. The Hall–Kier alpha value is -1.49. The van der Waals surface area contributed by atoms with Gasteiger partial charge in [-0.05, 0) is 19.9 Å². The van der Waals surface area contributed by atoms with Crippen LogP contribution in [0, 0.1) is 0 Å². The fourth-order valence-electron chi connectivity index (χ4n) is 1.71. The van der Waals surface area contributed by atoms with Gasteiger partial charge < -0.3 is 5.32 Å². The van der Waals surface area contributed by atoms with Crippen LogP contribution < -0.4 is 5.32 Å². The van der Waals surface area contributed by atoms with Crippen LogP contribution in [-0.2, 0) is 6.42 Å². The van der Waals surface area contributed by atoms with Crippen LogP contribution in [0.15, 0.2) is 18.7 Å². The molecule has 86 valence electrons. The van der Waals surface area contributed by atoms with Crippen LogP contribution >= 0.6 is 0 Å². The maximum atomic E-state index is 4.36. The Kier molecular flexibility index (Phi) is 3.46. The summed E-state index contributed by atoms with van der Waals surface area (Å²) >= 11 is 0. The molecule has 2 rings (SSSR count). The highest BCUT2D eigenvalue weighted by atomic mass is 15.2. The Morgan fingerprint density at radius 2 is 2.38 bits per heavy atom. The van der Waals surface area contributed by atoms with E-state index in [0.717, 1.165) is 30.7 Å². The van der Waals surface area contributed by atoms with Crippen LogP contribution in [0.4, 0.5) is 0 Å². The van der Waals surface area contributed by atoms with Gasteiger partial charge in [-0.1, -0.05) is 6.92 Å². The summed E-state index contributed by atoms with van der Waals surface area (Å²) in [5.74, 6) is 0. The number of hydrogen-bond acceptors (Lipinski definition) is 4. The second kappa shape index (κ2) is 5.03. The smallest absolute Gasteiger partial charge is 0.182 e. The van der Waals surface area contributed by atoms with Crippen LogP contribution in [0.25, 0.3) is 5.65 Å². The Bertz CT molecular complexity index is 450. The largest absolute Gasteiger partial charge is 0.314 e. The highest BCUT2D eigenvalue weighted by Crippen LogP contribution is 2.06. The summed E-state index contributed by atoms with van der Waals surface area (Å²) in [7, 11) is 0. The molecule has 0 aliphatic heterocycles. The van der Waals surface area contributed by atoms with Gasteiger partial charge in [0.15, 0.2) is 5.65 Å². The lowest BCUT2D eigenvalue weighted by molar-refractivity contribution is 0.539. The second-order valence-electron chi connectivity index (χ2n) is 4.00. The summed E-state index contributed by atoms with van der Waals surface area (Å²) in [5.41, 5.74) is 1.85. The van der Waals surface area contributed by atoms with Gasteiger partial charge in [0, 0.05) is 24.9 Å². The minimum absolute atomic E-state index is 0.412. The minimum atomic E-state index is 0.412. The topological polar surface area (TPSA) is 55.1 Å². The molecule has 0 saturated carbocycles. The van der Waals surface area contributed by atoms with Gasteiger partial charge in [-0.15, -0.1) is 10.2 Å². The zero-order valence-corrected chi connectivity index (χ0v) is 9.72. The van der Waals surface area contributed by atoms with Gasteiger partial charge in [-0.25, -0.2) is 0 Å². The van der Waals surface area contributed by atoms with Gasteiger partial charge in [0.05, 0.1) is 5.69 Å². The molecule has 0 aliphatic rings. The molecular weight excluding hydrogens is 202 g/mol. The molecule has 0 fully saturated rings. The van der Waals surface area contributed by atoms with E-state index in [-0.39, 0.29) is 0 Å². The van der Waals surface area contributed by atoms with Crippen molar-refractivity contribution in [2.75, 3.05) is 6.54 Å². The number of aromatic nitrogens is 4. The van der Waals surface area contributed by atoms with E-state index in [9.17, 15) is 0 Å². The van der Waals surface area contributed by atoms with Gasteiger partial charge in [0.1, 0.15) is 6.33 Å². The lowest BCUT2D eigenvalue weighted by atomic mass is 10.2. The summed E-state index contributed by atoms with van der Waals surface area (Å²) < 4.78 is 1.90. The third-order valence-corrected chi connectivity index (χ3v) is 2.53. The van der Waals surface area contributed by atoms with E-state index in [4.69, 9.17) is 0 Å². The molecule has 5 nitrogen and oxygen atoms in total. The Balaban J connectivity index is 2.11. The molecule has 2 heterocycles. The van der Waals surface area contributed by atoms with Gasteiger partial charge >= 0.3 is 0 Å². The highest BCUT2D eigenvalue weighted by Gasteiger charge is 2.08. The van der Waals surface area contributed by atoms with E-state index in [1.165, 1.54) is 0 Å². The summed E-state index contributed by atoms with van der Waals surface area (Å²) in [6.07, 6.45) is 7.38. The van der Waals surface area contributed by atoms with Gasteiger partial charge in [0.25, 0.3) is 0 Å². The van der Waals surface area contributed by atoms with Crippen LogP contribution in [0.3, 0.4) is 0 Å². The van der Waals surface area contributed by atoms with Crippen LogP contribution in [0.1, 0.15) is 26.0 Å². The fourth-order valence-corrected chi connectivity index (χ4v) is 1.71. The van der Waals surface area contributed by atoms with Crippen LogP contribution in [-0.4, -0.2) is 32.2 Å². The zero-order valence-electron chi connectivity index (χ0n) is 9.72. The minimum Gasteiger partial charge on any atom is -0.314 e. The fraction of sp³-hybridized carbons (Fsp3) is 0.545. The van der Waals surface area contributed by atoms with E-state index in [1.54, 1.807) is 12.5 Å². The Labute approximate surface area is 94.9 Å². The quantitative estimate of drug-likeness (QED) is 0.816. The molecule has 0 saturated heterocycles. The zero-order chi connectivity index (χ0) is 11.4. The summed E-state index contributed by atoms with van der Waals surface area (Å²) in [4.78, 5) is 4.36. The third-order valence-electron chi connectivity index (χ3n) is 2.53. The van der Waals surface area contributed by atoms with Crippen molar-refractivity contribution in [3.8, 4) is 0 Å². The number of nitrogens with zero attached hydrogens (tertiary/aromatic N) is 4. The average Bonchev–Trinajstić information content (AvgIpc) is 2.75. The van der Waals surface area contributed by atoms with E-state index >= 15 is 0 Å². The molecule has 0 amide bonds. The van der Waals surface area contributed by atoms with Crippen molar-refractivity contribution < 1.29 is 0 Å². The van der Waals surface area contributed by atoms with Crippen molar-refractivity contribution in [2.45, 2.75) is 32.7 Å². The van der Waals surface area contributed by atoms with Gasteiger partial charge in [-0.3, -0.25) is 9.38 Å². The Morgan fingerprint density at radius 1 is 1.50 bits per heavy atom. The molecule has 1 N–H and O–H groups in total. The lowest BCUT2D eigenvalue weighted by Crippen LogP contribution is -2.29. The molecule has 2 aromatic heterocycles. The summed E-state index contributed by atoms with van der Waals surface area (Å²) in [6.45, 7) is 5.37. The molecule has 2 aromatic rings. The highest BCUT2D eigenvalue weighted by molar-refractivity contribution is 5.42. The molecule has 0 spiro atoms. The van der Waals surface area contributed by atoms with Crippen LogP contribution in [0.5, 0.6) is 0 Å². The third kappa shape index (κ3) is 2.36. The van der Waals surface area contributed by atoms with Crippen molar-refractivity contribution in [3.63, 3.8) is 0 Å². The normalized spacial score (nSPS) is 13.1. The molecule has 1 atom stereocenters. The predicted molar refractivity (Wildman–Crippen MR) is 62.2 cm³/mol. The predicted octanol–water partition coefficient (Wildman–Crippen LogP) is 1.05. The number of fused-ring (bicyclic) bond motifs is 1. The molecule has 0 bridgehead atoms. The summed E-state index contributed by atoms with van der Waals surface area (Å²) in [5, 5.41) is 11.4. The SMILES string of the molecule is CCCNC(C)Cc1nccn2cnnc12. The van der Waals surface area contributed by atoms with Crippen molar-refractivity contribution in [2.24, 2.45) is 0 Å². The van der Waals surface area contributed by atoms with E-state index in [1.807, 2.05) is 10.6 Å². The second-order valence-corrected chi connectivity index (χ2v) is 4.00. The molecule has 0 aromatic carbocycles. The van der Waals surface area contributed by atoms with E-state index in [2.05, 4.69) is 34.3 Å². The first-order valence-corrected chi connectivity index (χ1v) is 5.68. The van der Waals surface area contributed by atoms with E-state index < -0.39 is 0 Å². The molecule has 0 aliphatic carbocycles. The van der Waals surface area contributed by atoms with Crippen molar-refractivity contribution in [1.29, 1.82) is 0 Å². The van der Waals surface area contributed by atoms with Gasteiger partial charge in [-0.2, -0.15) is 0 Å². The standard InChI is InChI=1S/C11H17N5/c1-3-4-12-9(2)7-10-11-15-14-8-16(11)6-5-13-10/h5-6,8-9,12H,3-4,7H2,1-2H3. The monoisotopic (exact) mass is 219 g/mol. The maximum Gasteiger partial charge on any atom is 0.182 e. The van der Waals surface area contributed by atoms with Gasteiger partial charge in [0.2, 0.25) is 0 Å². The lowest BCUT2D eigenvalue weighted by Gasteiger charge is -2.12. The summed E-state index contributed by atoms with van der Waals surface area (Å²) in [6, 6.07) is 0.412. The average molecular weight is 219 g/mol. The molecule has 5 heteroatoms. The Morgan fingerprint density at radius 3 is 3.19 bits per heavy atom. The van der Waals surface area contributed by atoms with Crippen LogP contribution in [0.2, 0.25) is 0 Å². The number of hydrogen-bond donors (Lipinski definition) is 1. The first-order chi connectivity index (χ1) is 7.81.